The van der Waals surface area contributed by atoms with Crippen LogP contribution in [0.15, 0.2) is 48.5 Å². The number of carbonyl (C=O) groups is 2. The van der Waals surface area contributed by atoms with Gasteiger partial charge in [-0.05, 0) is 54.2 Å². The van der Waals surface area contributed by atoms with Gasteiger partial charge in [0.1, 0.15) is 5.75 Å². The van der Waals surface area contributed by atoms with E-state index in [1.54, 1.807) is 7.11 Å². The van der Waals surface area contributed by atoms with E-state index in [9.17, 15) is 9.59 Å². The second-order valence-corrected chi connectivity index (χ2v) is 8.12. The van der Waals surface area contributed by atoms with Gasteiger partial charge in [-0.25, -0.2) is 0 Å². The van der Waals surface area contributed by atoms with Crippen LogP contribution >= 0.6 is 0 Å². The van der Waals surface area contributed by atoms with E-state index < -0.39 is 0 Å². The van der Waals surface area contributed by atoms with E-state index in [-0.39, 0.29) is 24.3 Å². The van der Waals surface area contributed by atoms with Crippen LogP contribution in [-0.4, -0.2) is 25.5 Å². The van der Waals surface area contributed by atoms with Crippen LogP contribution in [0.3, 0.4) is 0 Å². The SMILES string of the molecule is COc1ccc(N(CC(=O)NNC(=O)C2CCC2)Cc2ccc(C(C)C)cc2)cc1. The Morgan fingerprint density at radius 1 is 1.03 bits per heavy atom. The van der Waals surface area contributed by atoms with Gasteiger partial charge in [0.05, 0.1) is 13.7 Å². The van der Waals surface area contributed by atoms with Gasteiger partial charge in [-0.3, -0.25) is 20.4 Å². The minimum Gasteiger partial charge on any atom is -0.497 e. The molecule has 0 radical (unpaired) electrons. The summed E-state index contributed by atoms with van der Waals surface area (Å²) in [5.74, 6) is 0.911. The molecule has 0 heterocycles. The predicted molar refractivity (Wildman–Crippen MR) is 118 cm³/mol. The van der Waals surface area contributed by atoms with Gasteiger partial charge in [-0.15, -0.1) is 0 Å². The molecule has 2 amide bonds. The topological polar surface area (TPSA) is 70.7 Å². The highest BCUT2D eigenvalue weighted by molar-refractivity contribution is 5.86. The smallest absolute Gasteiger partial charge is 0.257 e. The summed E-state index contributed by atoms with van der Waals surface area (Å²) >= 11 is 0. The molecule has 0 spiro atoms. The van der Waals surface area contributed by atoms with Crippen molar-refractivity contribution in [1.29, 1.82) is 0 Å². The number of hydrogen-bond donors (Lipinski definition) is 2. The number of nitrogens with one attached hydrogen (secondary N) is 2. The van der Waals surface area contributed by atoms with E-state index in [0.29, 0.717) is 12.5 Å². The molecule has 1 aliphatic carbocycles. The van der Waals surface area contributed by atoms with E-state index in [2.05, 4.69) is 49.0 Å². The lowest BCUT2D eigenvalue weighted by Gasteiger charge is -2.26. The molecular weight excluding hydrogens is 378 g/mol. The Kier molecular flexibility index (Phi) is 7.33. The van der Waals surface area contributed by atoms with E-state index >= 15 is 0 Å². The first-order valence-corrected chi connectivity index (χ1v) is 10.5. The minimum absolute atomic E-state index is 0.0301. The third kappa shape index (κ3) is 5.75. The quantitative estimate of drug-likeness (QED) is 0.651. The van der Waals surface area contributed by atoms with Crippen LogP contribution in [0.2, 0.25) is 0 Å². The van der Waals surface area contributed by atoms with Crippen molar-refractivity contribution in [2.24, 2.45) is 5.92 Å². The monoisotopic (exact) mass is 409 g/mol. The summed E-state index contributed by atoms with van der Waals surface area (Å²) in [5.41, 5.74) is 8.42. The van der Waals surface area contributed by atoms with Gasteiger partial charge in [0.25, 0.3) is 5.91 Å². The number of rotatable bonds is 8. The van der Waals surface area contributed by atoms with Gasteiger partial charge >= 0.3 is 0 Å². The van der Waals surface area contributed by atoms with Crippen LogP contribution in [0.1, 0.15) is 50.2 Å². The number of nitrogens with zero attached hydrogens (tertiary/aromatic N) is 1. The maximum atomic E-state index is 12.5. The molecule has 30 heavy (non-hydrogen) atoms. The number of amides is 2. The lowest BCUT2D eigenvalue weighted by atomic mass is 9.85. The summed E-state index contributed by atoms with van der Waals surface area (Å²) < 4.78 is 5.24. The van der Waals surface area contributed by atoms with Crippen LogP contribution in [0.5, 0.6) is 5.75 Å². The predicted octanol–water partition coefficient (Wildman–Crippen LogP) is 3.77. The van der Waals surface area contributed by atoms with Gasteiger partial charge < -0.3 is 9.64 Å². The molecule has 2 aromatic carbocycles. The number of anilines is 1. The molecule has 160 valence electrons. The van der Waals surface area contributed by atoms with Crippen LogP contribution in [0.4, 0.5) is 5.69 Å². The zero-order valence-corrected chi connectivity index (χ0v) is 18.0. The normalized spacial score (nSPS) is 13.5. The average Bonchev–Trinajstić information content (AvgIpc) is 2.71. The zero-order valence-electron chi connectivity index (χ0n) is 18.0. The fraction of sp³-hybridized carbons (Fsp3) is 0.417. The molecule has 2 aromatic rings. The molecule has 1 aliphatic rings. The molecule has 0 bridgehead atoms. The molecule has 1 saturated carbocycles. The van der Waals surface area contributed by atoms with Gasteiger partial charge in [-0.1, -0.05) is 44.5 Å². The standard InChI is InChI=1S/C24H31N3O3/c1-17(2)19-9-7-18(8-10-19)15-27(21-11-13-22(30-3)14-12-21)16-23(28)25-26-24(29)20-5-4-6-20/h7-14,17,20H,4-6,15-16H2,1-3H3,(H,25,28)(H,26,29). The zero-order chi connectivity index (χ0) is 21.5. The minimum atomic E-state index is -0.253. The van der Waals surface area contributed by atoms with Crippen LogP contribution in [0.25, 0.3) is 0 Å². The Hall–Kier alpha value is -3.02. The van der Waals surface area contributed by atoms with E-state index in [4.69, 9.17) is 4.74 Å². The van der Waals surface area contributed by atoms with Crippen molar-refractivity contribution in [3.8, 4) is 5.75 Å². The number of carbonyl (C=O) groups excluding carboxylic acids is 2. The first-order chi connectivity index (χ1) is 14.5. The number of ether oxygens (including phenoxy) is 1. The summed E-state index contributed by atoms with van der Waals surface area (Å²) in [5, 5.41) is 0. The third-order valence-corrected chi connectivity index (χ3v) is 5.59. The summed E-state index contributed by atoms with van der Waals surface area (Å²) in [4.78, 5) is 26.5. The van der Waals surface area contributed by atoms with Crippen LogP contribution in [-0.2, 0) is 16.1 Å². The fourth-order valence-corrected chi connectivity index (χ4v) is 3.38. The van der Waals surface area contributed by atoms with Crippen LogP contribution in [0, 0.1) is 5.92 Å². The Morgan fingerprint density at radius 3 is 2.23 bits per heavy atom. The molecule has 0 saturated heterocycles. The van der Waals surface area contributed by atoms with Crippen molar-refractivity contribution < 1.29 is 14.3 Å². The number of hydrazine groups is 1. The molecule has 3 rings (SSSR count). The maximum Gasteiger partial charge on any atom is 0.257 e. The maximum absolute atomic E-state index is 12.5. The molecule has 0 unspecified atom stereocenters. The van der Waals surface area contributed by atoms with Gasteiger partial charge in [-0.2, -0.15) is 0 Å². The summed E-state index contributed by atoms with van der Waals surface area (Å²) in [6, 6.07) is 16.1. The van der Waals surface area contributed by atoms with Gasteiger partial charge in [0.15, 0.2) is 0 Å². The first kappa shape index (κ1) is 21.7. The lowest BCUT2D eigenvalue weighted by Crippen LogP contribution is -2.49. The molecule has 1 fully saturated rings. The number of methoxy groups -OCH3 is 1. The summed E-state index contributed by atoms with van der Waals surface area (Å²) in [7, 11) is 1.63. The second-order valence-electron chi connectivity index (χ2n) is 8.12. The highest BCUT2D eigenvalue weighted by Gasteiger charge is 2.25. The highest BCUT2D eigenvalue weighted by atomic mass is 16.5. The lowest BCUT2D eigenvalue weighted by molar-refractivity contribution is -0.132. The Morgan fingerprint density at radius 2 is 1.70 bits per heavy atom. The molecule has 0 aromatic heterocycles. The van der Waals surface area contributed by atoms with Crippen molar-refractivity contribution in [2.75, 3.05) is 18.6 Å². The fourth-order valence-electron chi connectivity index (χ4n) is 3.38. The van der Waals surface area contributed by atoms with Crippen LogP contribution < -0.4 is 20.5 Å². The van der Waals surface area contributed by atoms with E-state index in [0.717, 1.165) is 36.3 Å². The first-order valence-electron chi connectivity index (χ1n) is 10.5. The van der Waals surface area contributed by atoms with E-state index in [1.165, 1.54) is 5.56 Å². The highest BCUT2D eigenvalue weighted by Crippen LogP contribution is 2.26. The molecule has 0 aliphatic heterocycles. The number of benzene rings is 2. The molecule has 6 heteroatoms. The Balaban J connectivity index is 1.67. The van der Waals surface area contributed by atoms with Crippen molar-refractivity contribution in [3.05, 3.63) is 59.7 Å². The number of hydrogen-bond acceptors (Lipinski definition) is 4. The molecule has 2 N–H and O–H groups in total. The molecular formula is C24H31N3O3. The van der Waals surface area contributed by atoms with Gasteiger partial charge in [0.2, 0.25) is 5.91 Å². The van der Waals surface area contributed by atoms with Crippen molar-refractivity contribution in [1.82, 2.24) is 10.9 Å². The summed E-state index contributed by atoms with van der Waals surface area (Å²) in [6.45, 7) is 5.04. The average molecular weight is 410 g/mol. The Labute approximate surface area is 178 Å². The largest absolute Gasteiger partial charge is 0.497 e. The summed E-state index contributed by atoms with van der Waals surface area (Å²) in [6.07, 6.45) is 2.87. The second kappa shape index (κ2) is 10.1. The van der Waals surface area contributed by atoms with E-state index in [1.807, 2.05) is 29.2 Å². The van der Waals surface area contributed by atoms with Crippen molar-refractivity contribution in [3.63, 3.8) is 0 Å². The molecule has 6 nitrogen and oxygen atoms in total. The Bertz CT molecular complexity index is 843. The molecule has 0 atom stereocenters. The van der Waals surface area contributed by atoms with Gasteiger partial charge in [0, 0.05) is 18.2 Å². The van der Waals surface area contributed by atoms with Crippen molar-refractivity contribution in [2.45, 2.75) is 45.6 Å². The van der Waals surface area contributed by atoms with Crippen molar-refractivity contribution >= 4 is 17.5 Å². The third-order valence-electron chi connectivity index (χ3n) is 5.59.